The average molecular weight is 429 g/mol. The maximum Gasteiger partial charge on any atom is 0.318 e. The molecule has 1 aliphatic heterocycles. The van der Waals surface area contributed by atoms with Gasteiger partial charge in [-0.2, -0.15) is 0 Å². The standard InChI is InChI=1S/C28H32N2O2/c1-3-29(21-22-9-5-4-6-10-22)25-15-11-23(12-16-25)28(2,27(31)32)24-13-17-26(18-14-24)30-19-7-8-20-30/h4-6,9-18H,3,7-8,19-21H2,1-2H3,(H,31,32). The Kier molecular flexibility index (Phi) is 6.50. The zero-order valence-corrected chi connectivity index (χ0v) is 19.0. The van der Waals surface area contributed by atoms with E-state index in [1.54, 1.807) is 6.92 Å². The summed E-state index contributed by atoms with van der Waals surface area (Å²) in [6.45, 7) is 7.80. The molecule has 3 aromatic carbocycles. The number of carboxylic acids is 1. The second-order valence-electron chi connectivity index (χ2n) is 8.72. The molecule has 1 fully saturated rings. The van der Waals surface area contributed by atoms with Crippen molar-refractivity contribution in [1.82, 2.24) is 0 Å². The zero-order chi connectivity index (χ0) is 22.6. The van der Waals surface area contributed by atoms with Crippen molar-refractivity contribution in [3.63, 3.8) is 0 Å². The third kappa shape index (κ3) is 4.36. The molecule has 32 heavy (non-hydrogen) atoms. The van der Waals surface area contributed by atoms with Crippen molar-refractivity contribution < 1.29 is 9.90 Å². The van der Waals surface area contributed by atoms with Gasteiger partial charge >= 0.3 is 5.97 Å². The molecule has 0 saturated carbocycles. The van der Waals surface area contributed by atoms with Gasteiger partial charge < -0.3 is 14.9 Å². The van der Waals surface area contributed by atoms with Crippen LogP contribution >= 0.6 is 0 Å². The minimum Gasteiger partial charge on any atom is -0.480 e. The predicted molar refractivity (Wildman–Crippen MR) is 132 cm³/mol. The van der Waals surface area contributed by atoms with E-state index in [0.717, 1.165) is 43.0 Å². The summed E-state index contributed by atoms with van der Waals surface area (Å²) in [5, 5.41) is 10.2. The fourth-order valence-corrected chi connectivity index (χ4v) is 4.59. The largest absolute Gasteiger partial charge is 0.480 e. The molecule has 3 aromatic rings. The molecule has 0 spiro atoms. The number of nitrogens with zero attached hydrogens (tertiary/aromatic N) is 2. The Morgan fingerprint density at radius 1 is 0.906 bits per heavy atom. The SMILES string of the molecule is CCN(Cc1ccccc1)c1ccc(C(C)(C(=O)O)c2ccc(N3CCCC3)cc2)cc1. The van der Waals surface area contributed by atoms with Crippen LogP contribution in [0.15, 0.2) is 78.9 Å². The summed E-state index contributed by atoms with van der Waals surface area (Å²) < 4.78 is 0. The summed E-state index contributed by atoms with van der Waals surface area (Å²) in [7, 11) is 0. The number of rotatable bonds is 8. The highest BCUT2D eigenvalue weighted by Crippen LogP contribution is 2.35. The summed E-state index contributed by atoms with van der Waals surface area (Å²) in [5.41, 5.74) is 4.02. The number of anilines is 2. The molecular weight excluding hydrogens is 396 g/mol. The van der Waals surface area contributed by atoms with Crippen LogP contribution in [0.1, 0.15) is 43.4 Å². The lowest BCUT2D eigenvalue weighted by atomic mass is 9.76. The lowest BCUT2D eigenvalue weighted by Crippen LogP contribution is -2.34. The molecule has 0 radical (unpaired) electrons. The number of hydrogen-bond donors (Lipinski definition) is 1. The van der Waals surface area contributed by atoms with Crippen LogP contribution in [0.25, 0.3) is 0 Å². The van der Waals surface area contributed by atoms with Crippen molar-refractivity contribution in [2.45, 2.75) is 38.6 Å². The van der Waals surface area contributed by atoms with Crippen LogP contribution in [0.3, 0.4) is 0 Å². The van der Waals surface area contributed by atoms with E-state index < -0.39 is 11.4 Å². The Balaban J connectivity index is 1.58. The first kappa shape index (κ1) is 21.9. The van der Waals surface area contributed by atoms with E-state index in [0.29, 0.717) is 0 Å². The summed E-state index contributed by atoms with van der Waals surface area (Å²) in [6.07, 6.45) is 2.44. The Hall–Kier alpha value is -3.27. The highest BCUT2D eigenvalue weighted by atomic mass is 16.4. The van der Waals surface area contributed by atoms with E-state index >= 15 is 0 Å². The van der Waals surface area contributed by atoms with Gasteiger partial charge in [-0.05, 0) is 67.6 Å². The number of aliphatic carboxylic acids is 1. The molecule has 0 amide bonds. The Labute approximate surface area is 191 Å². The lowest BCUT2D eigenvalue weighted by molar-refractivity contribution is -0.141. The molecule has 1 heterocycles. The van der Waals surface area contributed by atoms with Gasteiger partial charge in [-0.1, -0.05) is 54.6 Å². The van der Waals surface area contributed by atoms with E-state index in [-0.39, 0.29) is 0 Å². The van der Waals surface area contributed by atoms with Crippen molar-refractivity contribution in [3.8, 4) is 0 Å². The van der Waals surface area contributed by atoms with Gasteiger partial charge in [-0.25, -0.2) is 0 Å². The normalized spacial score (nSPS) is 15.4. The molecule has 1 aliphatic rings. The fraction of sp³-hybridized carbons (Fsp3) is 0.321. The monoisotopic (exact) mass is 428 g/mol. The lowest BCUT2D eigenvalue weighted by Gasteiger charge is -2.29. The highest BCUT2D eigenvalue weighted by Gasteiger charge is 2.37. The molecule has 1 atom stereocenters. The van der Waals surface area contributed by atoms with Crippen molar-refractivity contribution in [1.29, 1.82) is 0 Å². The average Bonchev–Trinajstić information content (AvgIpc) is 3.38. The number of benzene rings is 3. The fourth-order valence-electron chi connectivity index (χ4n) is 4.59. The maximum atomic E-state index is 12.5. The Morgan fingerprint density at radius 2 is 1.47 bits per heavy atom. The summed E-state index contributed by atoms with van der Waals surface area (Å²) in [6, 6.07) is 26.5. The maximum absolute atomic E-state index is 12.5. The van der Waals surface area contributed by atoms with Gasteiger partial charge in [0.2, 0.25) is 0 Å². The third-order valence-electron chi connectivity index (χ3n) is 6.75. The first-order chi connectivity index (χ1) is 15.5. The van der Waals surface area contributed by atoms with Crippen LogP contribution in [0, 0.1) is 0 Å². The van der Waals surface area contributed by atoms with Crippen LogP contribution in [0.4, 0.5) is 11.4 Å². The van der Waals surface area contributed by atoms with Gasteiger partial charge in [0.1, 0.15) is 5.41 Å². The van der Waals surface area contributed by atoms with Crippen molar-refractivity contribution in [2.75, 3.05) is 29.4 Å². The van der Waals surface area contributed by atoms with E-state index in [9.17, 15) is 9.90 Å². The first-order valence-corrected chi connectivity index (χ1v) is 11.5. The number of carboxylic acid groups (broad SMARTS) is 1. The summed E-state index contributed by atoms with van der Waals surface area (Å²) in [4.78, 5) is 17.1. The molecule has 1 N–H and O–H groups in total. The number of hydrogen-bond acceptors (Lipinski definition) is 3. The molecule has 0 aliphatic carbocycles. The molecule has 0 bridgehead atoms. The third-order valence-corrected chi connectivity index (χ3v) is 6.75. The van der Waals surface area contributed by atoms with Crippen LogP contribution in [-0.4, -0.2) is 30.7 Å². The Bertz CT molecular complexity index is 1030. The van der Waals surface area contributed by atoms with Crippen LogP contribution in [0.5, 0.6) is 0 Å². The molecule has 1 unspecified atom stereocenters. The van der Waals surface area contributed by atoms with Crippen LogP contribution in [-0.2, 0) is 16.8 Å². The second kappa shape index (κ2) is 9.47. The zero-order valence-electron chi connectivity index (χ0n) is 19.0. The van der Waals surface area contributed by atoms with E-state index in [1.165, 1.54) is 24.1 Å². The smallest absolute Gasteiger partial charge is 0.318 e. The van der Waals surface area contributed by atoms with Gasteiger partial charge in [0.25, 0.3) is 0 Å². The van der Waals surface area contributed by atoms with Gasteiger partial charge in [-0.3, -0.25) is 4.79 Å². The van der Waals surface area contributed by atoms with Crippen molar-refractivity contribution in [2.24, 2.45) is 0 Å². The van der Waals surface area contributed by atoms with E-state index in [4.69, 9.17) is 0 Å². The van der Waals surface area contributed by atoms with Crippen LogP contribution in [0.2, 0.25) is 0 Å². The Morgan fingerprint density at radius 3 is 2.00 bits per heavy atom. The van der Waals surface area contributed by atoms with Crippen molar-refractivity contribution >= 4 is 17.3 Å². The molecular formula is C28H32N2O2. The quantitative estimate of drug-likeness (QED) is 0.500. The molecule has 4 nitrogen and oxygen atoms in total. The van der Waals surface area contributed by atoms with Crippen LogP contribution < -0.4 is 9.80 Å². The number of carbonyl (C=O) groups is 1. The van der Waals surface area contributed by atoms with Gasteiger partial charge in [0.15, 0.2) is 0 Å². The predicted octanol–water partition coefficient (Wildman–Crippen LogP) is 5.70. The van der Waals surface area contributed by atoms with Gasteiger partial charge in [0, 0.05) is 37.6 Å². The van der Waals surface area contributed by atoms with E-state index in [1.807, 2.05) is 42.5 Å². The summed E-state index contributed by atoms with van der Waals surface area (Å²) in [5.74, 6) is -0.837. The molecule has 0 aromatic heterocycles. The summed E-state index contributed by atoms with van der Waals surface area (Å²) >= 11 is 0. The van der Waals surface area contributed by atoms with Gasteiger partial charge in [0.05, 0.1) is 0 Å². The minimum atomic E-state index is -1.10. The van der Waals surface area contributed by atoms with Gasteiger partial charge in [-0.15, -0.1) is 0 Å². The first-order valence-electron chi connectivity index (χ1n) is 11.5. The molecule has 166 valence electrons. The van der Waals surface area contributed by atoms with E-state index in [2.05, 4.69) is 53.1 Å². The second-order valence-corrected chi connectivity index (χ2v) is 8.72. The molecule has 1 saturated heterocycles. The van der Waals surface area contributed by atoms with Crippen molar-refractivity contribution in [3.05, 3.63) is 95.6 Å². The molecule has 4 heteroatoms. The highest BCUT2D eigenvalue weighted by molar-refractivity contribution is 5.86. The molecule has 4 rings (SSSR count). The topological polar surface area (TPSA) is 43.8 Å². The minimum absolute atomic E-state index is 0.790.